The molecule has 1 aromatic carbocycles. The largest absolute Gasteiger partial charge is 0.458 e. The summed E-state index contributed by atoms with van der Waals surface area (Å²) in [6, 6.07) is 7.29. The lowest BCUT2D eigenvalue weighted by molar-refractivity contribution is -0.139. The highest BCUT2D eigenvalue weighted by Crippen LogP contribution is 2.36. The van der Waals surface area contributed by atoms with E-state index in [-0.39, 0.29) is 29.3 Å². The molecule has 7 nitrogen and oxygen atoms in total. The number of ether oxygens (including phenoxy) is 1. The summed E-state index contributed by atoms with van der Waals surface area (Å²) in [5.41, 5.74) is -0.374. The maximum Gasteiger partial charge on any atom is 0.416 e. The van der Waals surface area contributed by atoms with Crippen LogP contribution in [0.3, 0.4) is 0 Å². The third kappa shape index (κ3) is 4.46. The summed E-state index contributed by atoms with van der Waals surface area (Å²) in [6.45, 7) is 4.81. The number of anilines is 1. The maximum atomic E-state index is 13.2. The molecule has 0 aliphatic carbocycles. The van der Waals surface area contributed by atoms with E-state index >= 15 is 0 Å². The van der Waals surface area contributed by atoms with Gasteiger partial charge in [0.2, 0.25) is 0 Å². The van der Waals surface area contributed by atoms with Gasteiger partial charge in [-0.3, -0.25) is 4.90 Å². The summed E-state index contributed by atoms with van der Waals surface area (Å²) in [5, 5.41) is 11.6. The Bertz CT molecular complexity index is 1130. The molecule has 3 rings (SSSR count). The van der Waals surface area contributed by atoms with Crippen LogP contribution < -0.4 is 10.2 Å². The highest BCUT2D eigenvalue weighted by atomic mass is 19.4. The van der Waals surface area contributed by atoms with Crippen LogP contribution in [-0.2, 0) is 15.7 Å². The summed E-state index contributed by atoms with van der Waals surface area (Å²) in [4.78, 5) is 30.7. The van der Waals surface area contributed by atoms with Crippen LogP contribution in [-0.4, -0.2) is 23.6 Å². The van der Waals surface area contributed by atoms with Crippen LogP contribution in [0.2, 0.25) is 0 Å². The number of nitrogens with zero attached hydrogens (tertiary/aromatic N) is 3. The Labute approximate surface area is 181 Å². The fraction of sp³-hybridized carbons (Fsp3) is 0.182. The Morgan fingerprint density at radius 3 is 2.72 bits per heavy atom. The van der Waals surface area contributed by atoms with Gasteiger partial charge in [-0.2, -0.15) is 18.4 Å². The molecule has 32 heavy (non-hydrogen) atoms. The van der Waals surface area contributed by atoms with Gasteiger partial charge in [0.25, 0.3) is 0 Å². The van der Waals surface area contributed by atoms with Crippen molar-refractivity contribution in [2.45, 2.75) is 19.1 Å². The van der Waals surface area contributed by atoms with E-state index in [1.807, 2.05) is 6.07 Å². The van der Waals surface area contributed by atoms with Gasteiger partial charge >= 0.3 is 18.2 Å². The van der Waals surface area contributed by atoms with Gasteiger partial charge in [0.05, 0.1) is 22.9 Å². The van der Waals surface area contributed by atoms with Gasteiger partial charge in [-0.1, -0.05) is 24.8 Å². The first-order valence-corrected chi connectivity index (χ1v) is 9.30. The third-order valence-corrected chi connectivity index (χ3v) is 4.70. The lowest BCUT2D eigenvalue weighted by Crippen LogP contribution is -2.48. The Morgan fingerprint density at radius 1 is 1.38 bits per heavy atom. The summed E-state index contributed by atoms with van der Waals surface area (Å²) < 4.78 is 44.7. The Morgan fingerprint density at radius 2 is 2.12 bits per heavy atom. The van der Waals surface area contributed by atoms with Crippen LogP contribution in [0.4, 0.5) is 23.7 Å². The number of allylic oxidation sites excluding steroid dienone is 1. The number of urea groups is 1. The van der Waals surface area contributed by atoms with Crippen molar-refractivity contribution in [2.75, 3.05) is 11.5 Å². The fourth-order valence-corrected chi connectivity index (χ4v) is 3.24. The van der Waals surface area contributed by atoms with Gasteiger partial charge in [0.15, 0.2) is 0 Å². The number of rotatable bonds is 5. The molecule has 0 radical (unpaired) electrons. The zero-order chi connectivity index (χ0) is 23.5. The van der Waals surface area contributed by atoms with Gasteiger partial charge in [0, 0.05) is 11.9 Å². The number of halogens is 3. The molecule has 0 bridgehead atoms. The van der Waals surface area contributed by atoms with Crippen LogP contribution in [0.1, 0.15) is 29.8 Å². The predicted octanol–water partition coefficient (Wildman–Crippen LogP) is 4.25. The first-order valence-electron chi connectivity index (χ1n) is 9.30. The van der Waals surface area contributed by atoms with Gasteiger partial charge in [-0.15, -0.1) is 0 Å². The number of pyridine rings is 1. The van der Waals surface area contributed by atoms with Crippen molar-refractivity contribution >= 4 is 17.7 Å². The van der Waals surface area contributed by atoms with Crippen LogP contribution in [0.25, 0.3) is 0 Å². The minimum Gasteiger partial charge on any atom is -0.458 e. The Balaban J connectivity index is 2.13. The molecule has 1 atom stereocenters. The Kier molecular flexibility index (Phi) is 6.30. The molecule has 1 aliphatic heterocycles. The predicted molar refractivity (Wildman–Crippen MR) is 108 cm³/mol. The lowest BCUT2D eigenvalue weighted by atomic mass is 9.95. The van der Waals surface area contributed by atoms with Gasteiger partial charge in [-0.25, -0.2) is 14.6 Å². The summed E-state index contributed by atoms with van der Waals surface area (Å²) >= 11 is 0. The van der Waals surface area contributed by atoms with Gasteiger partial charge in [0.1, 0.15) is 18.4 Å². The van der Waals surface area contributed by atoms with Crippen LogP contribution in [0.5, 0.6) is 0 Å². The normalized spacial score (nSPS) is 16.3. The highest BCUT2D eigenvalue weighted by molar-refractivity contribution is 6.03. The van der Waals surface area contributed by atoms with Crippen molar-refractivity contribution in [2.24, 2.45) is 0 Å². The van der Waals surface area contributed by atoms with Gasteiger partial charge < -0.3 is 10.1 Å². The standard InChI is InChI=1S/C22H17F3N4O3/c1-3-9-32-20(30)18-13(2)29(17-6-4-5-15(10-17)22(23,24)25)21(31)28-19(18)14-7-8-16(11-26)27-12-14/h3-8,10,12,19H,1,9H2,2H3,(H,28,31). The average molecular weight is 442 g/mol. The van der Waals surface area contributed by atoms with Crippen molar-refractivity contribution in [1.29, 1.82) is 5.26 Å². The van der Waals surface area contributed by atoms with Crippen LogP contribution >= 0.6 is 0 Å². The van der Waals surface area contributed by atoms with E-state index in [4.69, 9.17) is 10.00 Å². The number of carbonyl (C=O) groups is 2. The number of hydrogen-bond acceptors (Lipinski definition) is 5. The van der Waals surface area contributed by atoms with E-state index in [0.717, 1.165) is 17.0 Å². The number of hydrogen-bond donors (Lipinski definition) is 1. The number of benzene rings is 1. The van der Waals surface area contributed by atoms with E-state index in [9.17, 15) is 22.8 Å². The number of nitriles is 1. The van der Waals surface area contributed by atoms with Gasteiger partial charge in [-0.05, 0) is 36.8 Å². The first kappa shape index (κ1) is 22.6. The summed E-state index contributed by atoms with van der Waals surface area (Å²) in [5.74, 6) is -0.784. The van der Waals surface area contributed by atoms with E-state index in [1.165, 1.54) is 43.5 Å². The monoisotopic (exact) mass is 442 g/mol. The number of esters is 1. The third-order valence-electron chi connectivity index (χ3n) is 4.70. The molecule has 0 saturated heterocycles. The zero-order valence-corrected chi connectivity index (χ0v) is 16.8. The van der Waals surface area contributed by atoms with Crippen molar-refractivity contribution in [1.82, 2.24) is 10.3 Å². The van der Waals surface area contributed by atoms with E-state index in [2.05, 4.69) is 16.9 Å². The number of carbonyl (C=O) groups excluding carboxylic acids is 2. The highest BCUT2D eigenvalue weighted by Gasteiger charge is 2.38. The molecule has 2 aromatic rings. The maximum absolute atomic E-state index is 13.2. The molecular weight excluding hydrogens is 425 g/mol. The van der Waals surface area contributed by atoms with Crippen molar-refractivity contribution in [3.8, 4) is 6.07 Å². The number of alkyl halides is 3. The molecule has 164 valence electrons. The molecule has 1 aromatic heterocycles. The van der Waals surface area contributed by atoms with Crippen LogP contribution in [0, 0.1) is 11.3 Å². The summed E-state index contributed by atoms with van der Waals surface area (Å²) in [6.07, 6.45) is -1.92. The van der Waals surface area contributed by atoms with E-state index in [1.54, 1.807) is 0 Å². The quantitative estimate of drug-likeness (QED) is 0.552. The molecule has 10 heteroatoms. The molecule has 0 spiro atoms. The zero-order valence-electron chi connectivity index (χ0n) is 16.8. The minimum atomic E-state index is -4.61. The molecular formula is C22H17F3N4O3. The minimum absolute atomic E-state index is 0.00960. The topological polar surface area (TPSA) is 95.3 Å². The first-order chi connectivity index (χ1) is 15.2. The van der Waals surface area contributed by atoms with E-state index in [0.29, 0.717) is 5.56 Å². The number of nitrogens with one attached hydrogen (secondary N) is 1. The Hall–Kier alpha value is -4.13. The molecule has 1 N–H and O–H groups in total. The number of aromatic nitrogens is 1. The molecule has 1 unspecified atom stereocenters. The molecule has 2 amide bonds. The number of amides is 2. The molecule has 2 heterocycles. The fourth-order valence-electron chi connectivity index (χ4n) is 3.24. The molecule has 0 fully saturated rings. The second kappa shape index (κ2) is 8.93. The van der Waals surface area contributed by atoms with Crippen molar-refractivity contribution < 1.29 is 27.5 Å². The molecule has 1 aliphatic rings. The average Bonchev–Trinajstić information content (AvgIpc) is 2.76. The second-order valence-corrected chi connectivity index (χ2v) is 6.74. The smallest absolute Gasteiger partial charge is 0.416 e. The van der Waals surface area contributed by atoms with E-state index < -0.39 is 29.8 Å². The lowest BCUT2D eigenvalue weighted by Gasteiger charge is -2.35. The van der Waals surface area contributed by atoms with Crippen molar-refractivity contribution in [3.05, 3.63) is 83.3 Å². The molecule has 0 saturated carbocycles. The SMILES string of the molecule is C=CCOC(=O)C1=C(C)N(c2cccc(C(F)(F)F)c2)C(=O)NC1c1ccc(C#N)nc1. The second-order valence-electron chi connectivity index (χ2n) is 6.74. The van der Waals surface area contributed by atoms with Crippen molar-refractivity contribution in [3.63, 3.8) is 0 Å². The summed E-state index contributed by atoms with van der Waals surface area (Å²) in [7, 11) is 0. The van der Waals surface area contributed by atoms with Crippen LogP contribution in [0.15, 0.2) is 66.5 Å².